The van der Waals surface area contributed by atoms with Gasteiger partial charge in [0.2, 0.25) is 0 Å². The molecule has 0 saturated carbocycles. The summed E-state index contributed by atoms with van der Waals surface area (Å²) in [5.41, 5.74) is 4.59. The Balaban J connectivity index is 2.14. The highest BCUT2D eigenvalue weighted by atomic mass is 32.1. The summed E-state index contributed by atoms with van der Waals surface area (Å²) in [5.74, 6) is -1.09. The number of ether oxygens (including phenoxy) is 1. The summed E-state index contributed by atoms with van der Waals surface area (Å²) < 4.78 is 42.8. The number of carbonyl (C=O) groups excluding carboxylic acids is 1. The molecule has 0 aliphatic rings. The summed E-state index contributed by atoms with van der Waals surface area (Å²) >= 11 is 0.457. The van der Waals surface area contributed by atoms with Gasteiger partial charge in [0.15, 0.2) is 10.8 Å². The van der Waals surface area contributed by atoms with Crippen LogP contribution in [0.5, 0.6) is 0 Å². The minimum absolute atomic E-state index is 0.116. The summed E-state index contributed by atoms with van der Waals surface area (Å²) in [6.07, 6.45) is -4.74. The van der Waals surface area contributed by atoms with Gasteiger partial charge in [-0.3, -0.25) is 0 Å². The lowest BCUT2D eigenvalue weighted by atomic mass is 10.2. The molecule has 0 atom stereocenters. The van der Waals surface area contributed by atoms with Crippen LogP contribution in [-0.2, 0) is 17.5 Å². The number of hydrogen-bond acceptors (Lipinski definition) is 5. The average Bonchev–Trinajstić information content (AvgIpc) is 2.79. The van der Waals surface area contributed by atoms with Crippen LogP contribution in [0.3, 0.4) is 0 Å². The van der Waals surface area contributed by atoms with Crippen molar-refractivity contribution in [3.05, 3.63) is 46.5 Å². The standard InChI is InChI=1S/C12H9F3N2O2S/c13-12(14,15)9-8(20-11(16)17-9)10(18)19-6-7-4-2-1-3-5-7/h1-5H,6H2,(H2,16,17). The van der Waals surface area contributed by atoms with Gasteiger partial charge in [0, 0.05) is 0 Å². The Hall–Kier alpha value is -2.09. The van der Waals surface area contributed by atoms with Crippen LogP contribution in [0.1, 0.15) is 20.9 Å². The van der Waals surface area contributed by atoms with Crippen LogP contribution >= 0.6 is 11.3 Å². The minimum atomic E-state index is -4.74. The fourth-order valence-electron chi connectivity index (χ4n) is 1.46. The Morgan fingerprint density at radius 1 is 1.30 bits per heavy atom. The lowest BCUT2D eigenvalue weighted by Gasteiger charge is -2.06. The number of carbonyl (C=O) groups is 1. The van der Waals surface area contributed by atoms with Crippen LogP contribution in [0.25, 0.3) is 0 Å². The van der Waals surface area contributed by atoms with Gasteiger partial charge >= 0.3 is 12.1 Å². The summed E-state index contributed by atoms with van der Waals surface area (Å²) in [4.78, 5) is 14.2. The van der Waals surface area contributed by atoms with Gasteiger partial charge in [-0.2, -0.15) is 13.2 Å². The van der Waals surface area contributed by atoms with E-state index in [0.717, 1.165) is 0 Å². The van der Waals surface area contributed by atoms with Crippen LogP contribution in [0, 0.1) is 0 Å². The number of benzene rings is 1. The summed E-state index contributed by atoms with van der Waals surface area (Å²) in [7, 11) is 0. The van der Waals surface area contributed by atoms with Crippen molar-refractivity contribution < 1.29 is 22.7 Å². The van der Waals surface area contributed by atoms with E-state index < -0.39 is 22.7 Å². The van der Waals surface area contributed by atoms with Gasteiger partial charge in [-0.25, -0.2) is 9.78 Å². The fourth-order valence-corrected chi connectivity index (χ4v) is 2.20. The van der Waals surface area contributed by atoms with E-state index in [1.807, 2.05) is 0 Å². The van der Waals surface area contributed by atoms with Crippen molar-refractivity contribution in [2.45, 2.75) is 12.8 Å². The average molecular weight is 302 g/mol. The number of nitrogen functional groups attached to an aromatic ring is 1. The smallest absolute Gasteiger partial charge is 0.435 e. The second-order valence-electron chi connectivity index (χ2n) is 3.79. The predicted octanol–water partition coefficient (Wildman–Crippen LogP) is 3.10. The first kappa shape index (κ1) is 14.3. The molecule has 4 nitrogen and oxygen atoms in total. The quantitative estimate of drug-likeness (QED) is 0.885. The molecule has 2 rings (SSSR count). The predicted molar refractivity (Wildman–Crippen MR) is 67.1 cm³/mol. The van der Waals surface area contributed by atoms with Crippen molar-refractivity contribution >= 4 is 22.4 Å². The first-order valence-electron chi connectivity index (χ1n) is 5.42. The third-order valence-electron chi connectivity index (χ3n) is 2.31. The number of halogens is 3. The largest absolute Gasteiger partial charge is 0.457 e. The van der Waals surface area contributed by atoms with Crippen LogP contribution in [-0.4, -0.2) is 11.0 Å². The summed E-state index contributed by atoms with van der Waals surface area (Å²) in [5, 5.41) is -0.330. The first-order valence-corrected chi connectivity index (χ1v) is 6.24. The number of alkyl halides is 3. The van der Waals surface area contributed by atoms with Crippen LogP contribution in [0.4, 0.5) is 18.3 Å². The SMILES string of the molecule is Nc1nc(C(F)(F)F)c(C(=O)OCc2ccccc2)s1. The number of nitrogens with two attached hydrogens (primary N) is 1. The van der Waals surface area contributed by atoms with E-state index in [0.29, 0.717) is 16.9 Å². The summed E-state index contributed by atoms with van der Waals surface area (Å²) in [6.45, 7) is -0.116. The molecule has 0 radical (unpaired) electrons. The second kappa shape index (κ2) is 5.49. The van der Waals surface area contributed by atoms with E-state index in [1.54, 1.807) is 30.3 Å². The maximum Gasteiger partial charge on any atom is 0.435 e. The topological polar surface area (TPSA) is 65.2 Å². The van der Waals surface area contributed by atoms with Crippen LogP contribution < -0.4 is 5.73 Å². The van der Waals surface area contributed by atoms with Crippen LogP contribution in [0.2, 0.25) is 0 Å². The molecule has 0 amide bonds. The molecule has 0 fully saturated rings. The zero-order valence-corrected chi connectivity index (χ0v) is 10.8. The highest BCUT2D eigenvalue weighted by Gasteiger charge is 2.40. The van der Waals surface area contributed by atoms with Gasteiger partial charge in [-0.05, 0) is 5.56 Å². The zero-order chi connectivity index (χ0) is 14.8. The molecular formula is C12H9F3N2O2S. The van der Waals surface area contributed by atoms with Gasteiger partial charge in [0.1, 0.15) is 11.5 Å². The molecule has 20 heavy (non-hydrogen) atoms. The zero-order valence-electron chi connectivity index (χ0n) is 9.98. The highest BCUT2D eigenvalue weighted by molar-refractivity contribution is 7.17. The van der Waals surface area contributed by atoms with E-state index in [2.05, 4.69) is 4.98 Å². The van der Waals surface area contributed by atoms with E-state index in [4.69, 9.17) is 10.5 Å². The van der Waals surface area contributed by atoms with Crippen LogP contribution in [0.15, 0.2) is 30.3 Å². The molecule has 8 heteroatoms. The van der Waals surface area contributed by atoms with Crippen molar-refractivity contribution in [3.63, 3.8) is 0 Å². The number of anilines is 1. The number of thiazole rings is 1. The first-order chi connectivity index (χ1) is 9.38. The molecule has 2 N–H and O–H groups in total. The monoisotopic (exact) mass is 302 g/mol. The second-order valence-corrected chi connectivity index (χ2v) is 4.82. The fraction of sp³-hybridized carbons (Fsp3) is 0.167. The normalized spacial score (nSPS) is 11.3. The molecule has 0 unspecified atom stereocenters. The van der Waals surface area contributed by atoms with Gasteiger partial charge < -0.3 is 10.5 Å². The van der Waals surface area contributed by atoms with Crippen molar-refractivity contribution in [2.75, 3.05) is 5.73 Å². The molecule has 1 heterocycles. The molecule has 2 aromatic rings. The number of aromatic nitrogens is 1. The van der Waals surface area contributed by atoms with Gasteiger partial charge in [0.05, 0.1) is 0 Å². The van der Waals surface area contributed by atoms with E-state index in [-0.39, 0.29) is 11.7 Å². The van der Waals surface area contributed by atoms with E-state index in [9.17, 15) is 18.0 Å². The van der Waals surface area contributed by atoms with Gasteiger partial charge in [-0.15, -0.1) is 0 Å². The lowest BCUT2D eigenvalue weighted by molar-refractivity contribution is -0.141. The molecule has 1 aromatic carbocycles. The minimum Gasteiger partial charge on any atom is -0.457 e. The van der Waals surface area contributed by atoms with Crippen molar-refractivity contribution in [1.29, 1.82) is 0 Å². The van der Waals surface area contributed by atoms with Crippen molar-refractivity contribution in [2.24, 2.45) is 0 Å². The molecule has 0 spiro atoms. The maximum atomic E-state index is 12.7. The third kappa shape index (κ3) is 3.27. The van der Waals surface area contributed by atoms with E-state index in [1.165, 1.54) is 0 Å². The molecular weight excluding hydrogens is 293 g/mol. The molecule has 106 valence electrons. The number of nitrogens with zero attached hydrogens (tertiary/aromatic N) is 1. The molecule has 0 bridgehead atoms. The Morgan fingerprint density at radius 2 is 1.95 bits per heavy atom. The molecule has 1 aromatic heterocycles. The van der Waals surface area contributed by atoms with Crippen molar-refractivity contribution in [1.82, 2.24) is 4.98 Å². The number of hydrogen-bond donors (Lipinski definition) is 1. The lowest BCUT2D eigenvalue weighted by Crippen LogP contribution is -2.13. The van der Waals surface area contributed by atoms with Gasteiger partial charge in [0.25, 0.3) is 0 Å². The highest BCUT2D eigenvalue weighted by Crippen LogP contribution is 2.35. The van der Waals surface area contributed by atoms with Crippen molar-refractivity contribution in [3.8, 4) is 0 Å². The molecule has 0 saturated heterocycles. The molecule has 0 aliphatic heterocycles. The number of rotatable bonds is 3. The number of esters is 1. The Bertz CT molecular complexity index is 611. The van der Waals surface area contributed by atoms with E-state index >= 15 is 0 Å². The van der Waals surface area contributed by atoms with Gasteiger partial charge in [-0.1, -0.05) is 41.7 Å². The Labute approximate surface area is 116 Å². The maximum absolute atomic E-state index is 12.7. The Kier molecular flexibility index (Phi) is 3.93. The third-order valence-corrected chi connectivity index (χ3v) is 3.17. The Morgan fingerprint density at radius 3 is 2.55 bits per heavy atom. The molecule has 0 aliphatic carbocycles. The summed E-state index contributed by atoms with van der Waals surface area (Å²) in [6, 6.07) is 8.62.